The minimum atomic E-state index is -0.861. The van der Waals surface area contributed by atoms with E-state index in [9.17, 15) is 14.4 Å². The largest absolute Gasteiger partial charge is 0.456 e. The van der Waals surface area contributed by atoms with Crippen LogP contribution in [0.1, 0.15) is 30.4 Å². The fraction of sp³-hybridized carbons (Fsp3) is 0.250. The Morgan fingerprint density at radius 1 is 0.885 bits per heavy atom. The number of hydrogen-bond acceptors (Lipinski definition) is 5. The van der Waals surface area contributed by atoms with Gasteiger partial charge in [-0.25, -0.2) is 4.79 Å². The zero-order valence-electron chi connectivity index (χ0n) is 14.5. The third-order valence-electron chi connectivity index (χ3n) is 3.66. The highest BCUT2D eigenvalue weighted by Crippen LogP contribution is 2.28. The van der Waals surface area contributed by atoms with Gasteiger partial charge in [-0.1, -0.05) is 60.7 Å². The van der Waals surface area contributed by atoms with Crippen LogP contribution in [0.25, 0.3) is 0 Å². The fourth-order valence-electron chi connectivity index (χ4n) is 2.49. The number of alkyl carbamates (subject to hydrolysis) is 1. The Morgan fingerprint density at radius 3 is 1.92 bits per heavy atom. The molecule has 26 heavy (non-hydrogen) atoms. The summed E-state index contributed by atoms with van der Waals surface area (Å²) in [6, 6.07) is 19.2. The number of rotatable bonds is 7. The van der Waals surface area contributed by atoms with E-state index in [-0.39, 0.29) is 18.9 Å². The van der Waals surface area contributed by atoms with Gasteiger partial charge in [0.2, 0.25) is 0 Å². The second-order valence-corrected chi connectivity index (χ2v) is 5.51. The van der Waals surface area contributed by atoms with Gasteiger partial charge in [-0.2, -0.15) is 0 Å². The molecule has 136 valence electrons. The number of hydrogen-bond donors (Lipinski definition) is 1. The highest BCUT2D eigenvalue weighted by Gasteiger charge is 2.20. The molecule has 0 atom stereocenters. The second kappa shape index (κ2) is 9.98. The molecule has 2 aromatic carbocycles. The number of carbonyl (C=O) groups excluding carboxylic acids is 3. The fourth-order valence-corrected chi connectivity index (χ4v) is 2.49. The van der Waals surface area contributed by atoms with Gasteiger partial charge in [0.05, 0.1) is 13.0 Å². The molecular weight excluding hydrogens is 334 g/mol. The molecule has 2 amide bonds. The Hall–Kier alpha value is -3.15. The normalized spacial score (nSPS) is 10.2. The molecule has 2 aromatic rings. The lowest BCUT2D eigenvalue weighted by Crippen LogP contribution is -2.34. The number of carbonyl (C=O) groups is 3. The highest BCUT2D eigenvalue weighted by atomic mass is 16.6. The van der Waals surface area contributed by atoms with Crippen LogP contribution in [0.5, 0.6) is 0 Å². The molecule has 1 N–H and O–H groups in total. The topological polar surface area (TPSA) is 81.7 Å². The van der Waals surface area contributed by atoms with E-state index in [0.29, 0.717) is 0 Å². The first-order valence-corrected chi connectivity index (χ1v) is 8.32. The predicted molar refractivity (Wildman–Crippen MR) is 95.5 cm³/mol. The molecule has 0 aliphatic carbocycles. The van der Waals surface area contributed by atoms with Crippen molar-refractivity contribution in [1.82, 2.24) is 5.32 Å². The van der Waals surface area contributed by atoms with Crippen LogP contribution in [-0.2, 0) is 19.1 Å². The number of ether oxygens (including phenoxy) is 2. The SMILES string of the molecule is CCOC(=O)NC(=O)COC(=O)CC(c1ccccc1)c1ccccc1. The molecule has 0 aliphatic rings. The summed E-state index contributed by atoms with van der Waals surface area (Å²) in [6.45, 7) is 1.24. The second-order valence-electron chi connectivity index (χ2n) is 5.51. The Labute approximate surface area is 152 Å². The Morgan fingerprint density at radius 2 is 1.42 bits per heavy atom. The molecule has 0 saturated heterocycles. The van der Waals surface area contributed by atoms with Crippen LogP contribution in [-0.4, -0.2) is 31.2 Å². The molecule has 0 heterocycles. The number of esters is 1. The molecule has 0 bridgehead atoms. The molecule has 0 radical (unpaired) electrons. The summed E-state index contributed by atoms with van der Waals surface area (Å²) in [5.74, 6) is -1.44. The predicted octanol–water partition coefficient (Wildman–Crippen LogP) is 3.02. The Bertz CT molecular complexity index is 691. The van der Waals surface area contributed by atoms with Crippen LogP contribution in [0, 0.1) is 0 Å². The van der Waals surface area contributed by atoms with Gasteiger partial charge < -0.3 is 9.47 Å². The number of imide groups is 1. The first-order valence-electron chi connectivity index (χ1n) is 8.32. The average molecular weight is 355 g/mol. The van der Waals surface area contributed by atoms with Crippen molar-refractivity contribution < 1.29 is 23.9 Å². The molecular formula is C20H21NO5. The van der Waals surface area contributed by atoms with Crippen molar-refractivity contribution in [2.24, 2.45) is 0 Å². The third-order valence-corrected chi connectivity index (χ3v) is 3.66. The summed E-state index contributed by atoms with van der Waals surface area (Å²) in [4.78, 5) is 34.9. The van der Waals surface area contributed by atoms with Crippen LogP contribution in [0.3, 0.4) is 0 Å². The van der Waals surface area contributed by atoms with Crippen molar-refractivity contribution in [2.45, 2.75) is 19.3 Å². The maximum absolute atomic E-state index is 12.2. The lowest BCUT2D eigenvalue weighted by Gasteiger charge is -2.17. The zero-order valence-corrected chi connectivity index (χ0v) is 14.5. The van der Waals surface area contributed by atoms with E-state index in [2.05, 4.69) is 4.74 Å². The number of nitrogens with one attached hydrogen (secondary N) is 1. The summed E-state index contributed by atoms with van der Waals surface area (Å²) in [5.41, 5.74) is 1.96. The Balaban J connectivity index is 1.97. The summed E-state index contributed by atoms with van der Waals surface area (Å²) >= 11 is 0. The maximum atomic E-state index is 12.2. The van der Waals surface area contributed by atoms with Crippen LogP contribution in [0.15, 0.2) is 60.7 Å². The van der Waals surface area contributed by atoms with Gasteiger partial charge in [-0.3, -0.25) is 14.9 Å². The van der Waals surface area contributed by atoms with Crippen molar-refractivity contribution >= 4 is 18.0 Å². The molecule has 0 aromatic heterocycles. The average Bonchev–Trinajstić information content (AvgIpc) is 2.66. The zero-order chi connectivity index (χ0) is 18.8. The van der Waals surface area contributed by atoms with Crippen molar-refractivity contribution in [1.29, 1.82) is 0 Å². The van der Waals surface area contributed by atoms with E-state index in [1.54, 1.807) is 6.92 Å². The third kappa shape index (κ3) is 6.05. The van der Waals surface area contributed by atoms with Crippen molar-refractivity contribution in [3.05, 3.63) is 71.8 Å². The van der Waals surface area contributed by atoms with Gasteiger partial charge in [0.1, 0.15) is 0 Å². The van der Waals surface area contributed by atoms with Crippen LogP contribution >= 0.6 is 0 Å². The van der Waals surface area contributed by atoms with Crippen molar-refractivity contribution in [2.75, 3.05) is 13.2 Å². The van der Waals surface area contributed by atoms with E-state index in [1.807, 2.05) is 66.0 Å². The molecule has 6 nitrogen and oxygen atoms in total. The minimum Gasteiger partial charge on any atom is -0.456 e. The standard InChI is InChI=1S/C20H21NO5/c1-2-25-20(24)21-18(22)14-26-19(23)13-17(15-9-5-3-6-10-15)16-11-7-4-8-12-16/h3-12,17H,2,13-14H2,1H3,(H,21,22,24). The van der Waals surface area contributed by atoms with Gasteiger partial charge in [0.25, 0.3) is 5.91 Å². The molecule has 0 unspecified atom stereocenters. The van der Waals surface area contributed by atoms with E-state index in [0.717, 1.165) is 11.1 Å². The van der Waals surface area contributed by atoms with Crippen LogP contribution in [0.4, 0.5) is 4.79 Å². The molecule has 2 rings (SSSR count). The van der Waals surface area contributed by atoms with Gasteiger partial charge in [-0.15, -0.1) is 0 Å². The smallest absolute Gasteiger partial charge is 0.413 e. The lowest BCUT2D eigenvalue weighted by molar-refractivity contribution is -0.148. The molecule has 0 aliphatic heterocycles. The number of benzene rings is 2. The van der Waals surface area contributed by atoms with Crippen molar-refractivity contribution in [3.63, 3.8) is 0 Å². The van der Waals surface area contributed by atoms with Gasteiger partial charge in [-0.05, 0) is 18.1 Å². The molecule has 0 fully saturated rings. The van der Waals surface area contributed by atoms with E-state index in [4.69, 9.17) is 4.74 Å². The van der Waals surface area contributed by atoms with E-state index in [1.165, 1.54) is 0 Å². The minimum absolute atomic E-state index is 0.0840. The van der Waals surface area contributed by atoms with Gasteiger partial charge in [0, 0.05) is 5.92 Å². The summed E-state index contributed by atoms with van der Waals surface area (Å²) in [7, 11) is 0. The molecule has 0 spiro atoms. The van der Waals surface area contributed by atoms with Gasteiger partial charge >= 0.3 is 12.1 Å². The maximum Gasteiger partial charge on any atom is 0.413 e. The van der Waals surface area contributed by atoms with Crippen LogP contribution in [0.2, 0.25) is 0 Å². The lowest BCUT2D eigenvalue weighted by atomic mass is 9.89. The molecule has 6 heteroatoms. The molecule has 0 saturated carbocycles. The Kier molecular flexibility index (Phi) is 7.36. The highest BCUT2D eigenvalue weighted by molar-refractivity contribution is 5.93. The van der Waals surface area contributed by atoms with E-state index >= 15 is 0 Å². The summed E-state index contributed by atoms with van der Waals surface area (Å²) in [6.07, 6.45) is -0.777. The van der Waals surface area contributed by atoms with Crippen LogP contribution < -0.4 is 5.32 Å². The van der Waals surface area contributed by atoms with Crippen molar-refractivity contribution in [3.8, 4) is 0 Å². The van der Waals surface area contributed by atoms with E-state index < -0.39 is 24.6 Å². The first kappa shape index (κ1) is 19.2. The quantitative estimate of drug-likeness (QED) is 0.772. The monoisotopic (exact) mass is 355 g/mol. The number of amides is 2. The summed E-state index contributed by atoms with van der Waals surface area (Å²) < 4.78 is 9.59. The summed E-state index contributed by atoms with van der Waals surface area (Å²) in [5, 5.41) is 1.98. The first-order chi connectivity index (χ1) is 12.6. The van der Waals surface area contributed by atoms with Gasteiger partial charge in [0.15, 0.2) is 6.61 Å².